The van der Waals surface area contributed by atoms with Crippen molar-refractivity contribution in [1.82, 2.24) is 4.98 Å². The summed E-state index contributed by atoms with van der Waals surface area (Å²) in [5.41, 5.74) is -0.272. The molecule has 96 valence electrons. The number of carbonyl (C=O) groups is 1. The lowest BCUT2D eigenvalue weighted by atomic mass is 10.1. The van der Waals surface area contributed by atoms with Gasteiger partial charge in [-0.15, -0.1) is 0 Å². The molecule has 0 atom stereocenters. The van der Waals surface area contributed by atoms with Crippen LogP contribution < -0.4 is 0 Å². The zero-order chi connectivity index (χ0) is 13.3. The number of esters is 1. The number of halogens is 3. The maximum atomic E-state index is 12.5. The van der Waals surface area contributed by atoms with Crippen LogP contribution in [0, 0.1) is 0 Å². The van der Waals surface area contributed by atoms with Gasteiger partial charge in [0.25, 0.3) is 0 Å². The second-order valence-electron chi connectivity index (χ2n) is 3.70. The van der Waals surface area contributed by atoms with E-state index in [4.69, 9.17) is 4.74 Å². The van der Waals surface area contributed by atoms with Crippen molar-refractivity contribution in [3.8, 4) is 0 Å². The highest BCUT2D eigenvalue weighted by Crippen LogP contribution is 2.31. The Morgan fingerprint density at radius 1 is 1.33 bits per heavy atom. The van der Waals surface area contributed by atoms with Gasteiger partial charge >= 0.3 is 12.1 Å². The van der Waals surface area contributed by atoms with E-state index in [2.05, 4.69) is 4.98 Å². The summed E-state index contributed by atoms with van der Waals surface area (Å²) in [5.74, 6) is -0.547. The molecule has 0 saturated carbocycles. The third-order valence-electron chi connectivity index (χ3n) is 2.44. The van der Waals surface area contributed by atoms with Gasteiger partial charge in [0.05, 0.1) is 12.2 Å². The zero-order valence-corrected chi connectivity index (χ0v) is 9.47. The van der Waals surface area contributed by atoms with E-state index in [9.17, 15) is 18.0 Å². The Morgan fingerprint density at radius 2 is 2.06 bits per heavy atom. The first kappa shape index (κ1) is 12.5. The average Bonchev–Trinajstić information content (AvgIpc) is 2.71. The molecular formula is C12H10F3NO2. The molecule has 0 unspecified atom stereocenters. The van der Waals surface area contributed by atoms with Crippen molar-refractivity contribution >= 4 is 16.9 Å². The Hall–Kier alpha value is -1.98. The summed E-state index contributed by atoms with van der Waals surface area (Å²) in [6.07, 6.45) is -4.43. The lowest BCUT2D eigenvalue weighted by Gasteiger charge is -2.01. The minimum absolute atomic E-state index is 0.220. The number of fused-ring (bicyclic) bond motifs is 1. The maximum absolute atomic E-state index is 12.5. The minimum atomic E-state index is -4.43. The Morgan fingerprint density at radius 3 is 2.67 bits per heavy atom. The van der Waals surface area contributed by atoms with Crippen molar-refractivity contribution in [2.45, 2.75) is 13.1 Å². The highest BCUT2D eigenvalue weighted by Gasteiger charge is 2.32. The number of hydrogen-bond acceptors (Lipinski definition) is 2. The molecule has 0 amide bonds. The van der Waals surface area contributed by atoms with Crippen LogP contribution in [0.1, 0.15) is 23.0 Å². The molecule has 0 aliphatic carbocycles. The Labute approximate surface area is 101 Å². The van der Waals surface area contributed by atoms with E-state index in [1.807, 2.05) is 0 Å². The fraction of sp³-hybridized carbons (Fsp3) is 0.250. The zero-order valence-electron chi connectivity index (χ0n) is 9.47. The lowest BCUT2D eigenvalue weighted by molar-refractivity contribution is -0.140. The number of alkyl halides is 3. The van der Waals surface area contributed by atoms with Crippen LogP contribution in [-0.4, -0.2) is 17.6 Å². The summed E-state index contributed by atoms with van der Waals surface area (Å²) in [6, 6.07) is 5.20. The summed E-state index contributed by atoms with van der Waals surface area (Å²) in [6.45, 7) is 1.88. The van der Waals surface area contributed by atoms with Crippen molar-refractivity contribution in [3.05, 3.63) is 35.5 Å². The van der Waals surface area contributed by atoms with Crippen LogP contribution in [0.5, 0.6) is 0 Å². The molecule has 2 rings (SSSR count). The highest BCUT2D eigenvalue weighted by molar-refractivity contribution is 5.94. The van der Waals surface area contributed by atoms with E-state index in [1.54, 1.807) is 6.92 Å². The second-order valence-corrected chi connectivity index (χ2v) is 3.70. The van der Waals surface area contributed by atoms with Gasteiger partial charge < -0.3 is 9.72 Å². The van der Waals surface area contributed by atoms with Gasteiger partial charge in [-0.05, 0) is 31.2 Å². The minimum Gasteiger partial charge on any atom is -0.462 e. The van der Waals surface area contributed by atoms with Gasteiger partial charge in [-0.2, -0.15) is 13.2 Å². The predicted molar refractivity (Wildman–Crippen MR) is 59.3 cm³/mol. The molecule has 0 aliphatic heterocycles. The predicted octanol–water partition coefficient (Wildman–Crippen LogP) is 3.36. The normalized spacial score (nSPS) is 11.8. The number of nitrogens with one attached hydrogen (secondary N) is 1. The van der Waals surface area contributed by atoms with Crippen LogP contribution >= 0.6 is 0 Å². The van der Waals surface area contributed by atoms with E-state index in [1.165, 1.54) is 18.2 Å². The molecule has 2 aromatic rings. The van der Waals surface area contributed by atoms with Gasteiger partial charge in [-0.3, -0.25) is 0 Å². The molecule has 0 radical (unpaired) electrons. The summed E-state index contributed by atoms with van der Waals surface area (Å²) in [5, 5.41) is 0.327. The molecule has 0 fully saturated rings. The third kappa shape index (κ3) is 2.32. The molecule has 3 nitrogen and oxygen atoms in total. The number of rotatable bonds is 2. The Kier molecular flexibility index (Phi) is 3.02. The van der Waals surface area contributed by atoms with E-state index in [-0.39, 0.29) is 12.2 Å². The molecule has 0 aliphatic rings. The summed E-state index contributed by atoms with van der Waals surface area (Å²) < 4.78 is 42.2. The van der Waals surface area contributed by atoms with Crippen molar-refractivity contribution in [3.63, 3.8) is 0 Å². The molecule has 6 heteroatoms. The molecule has 1 aromatic heterocycles. The van der Waals surface area contributed by atoms with Crippen LogP contribution in [0.15, 0.2) is 24.3 Å². The van der Waals surface area contributed by atoms with Crippen LogP contribution in [0.3, 0.4) is 0 Å². The van der Waals surface area contributed by atoms with Crippen molar-refractivity contribution in [2.75, 3.05) is 6.61 Å². The van der Waals surface area contributed by atoms with Crippen LogP contribution in [-0.2, 0) is 10.9 Å². The van der Waals surface area contributed by atoms with Crippen molar-refractivity contribution in [2.24, 2.45) is 0 Å². The molecule has 0 spiro atoms. The number of ether oxygens (including phenoxy) is 1. The molecule has 1 aromatic carbocycles. The van der Waals surface area contributed by atoms with Crippen molar-refractivity contribution in [1.29, 1.82) is 0 Å². The van der Waals surface area contributed by atoms with Crippen LogP contribution in [0.25, 0.3) is 10.9 Å². The topological polar surface area (TPSA) is 42.1 Å². The van der Waals surface area contributed by atoms with E-state index in [0.717, 1.165) is 6.07 Å². The monoisotopic (exact) mass is 257 g/mol. The first-order chi connectivity index (χ1) is 8.41. The fourth-order valence-corrected chi connectivity index (χ4v) is 1.63. The van der Waals surface area contributed by atoms with Gasteiger partial charge in [-0.25, -0.2) is 4.79 Å². The number of aromatic nitrogens is 1. The summed E-state index contributed by atoms with van der Waals surface area (Å²) >= 11 is 0. The van der Waals surface area contributed by atoms with Gasteiger partial charge in [0.2, 0.25) is 0 Å². The number of H-pyrrole nitrogens is 1. The molecule has 1 N–H and O–H groups in total. The Bertz CT molecular complexity index is 587. The third-order valence-corrected chi connectivity index (χ3v) is 2.44. The maximum Gasteiger partial charge on any atom is 0.431 e. The van der Waals surface area contributed by atoms with Gasteiger partial charge in [-0.1, -0.05) is 0 Å². The molecule has 0 saturated heterocycles. The van der Waals surface area contributed by atoms with Gasteiger partial charge in [0, 0.05) is 10.9 Å². The largest absolute Gasteiger partial charge is 0.462 e. The van der Waals surface area contributed by atoms with E-state index in [0.29, 0.717) is 10.9 Å². The first-order valence-electron chi connectivity index (χ1n) is 5.29. The van der Waals surface area contributed by atoms with Gasteiger partial charge in [0.15, 0.2) is 0 Å². The number of benzene rings is 1. The fourth-order valence-electron chi connectivity index (χ4n) is 1.63. The quantitative estimate of drug-likeness (QED) is 0.838. The lowest BCUT2D eigenvalue weighted by Crippen LogP contribution is -2.04. The molecule has 18 heavy (non-hydrogen) atoms. The van der Waals surface area contributed by atoms with Gasteiger partial charge in [0.1, 0.15) is 5.69 Å². The van der Waals surface area contributed by atoms with Crippen LogP contribution in [0.2, 0.25) is 0 Å². The highest BCUT2D eigenvalue weighted by atomic mass is 19.4. The van der Waals surface area contributed by atoms with E-state index < -0.39 is 17.8 Å². The summed E-state index contributed by atoms with van der Waals surface area (Å²) in [7, 11) is 0. The number of hydrogen-bond donors (Lipinski definition) is 1. The van der Waals surface area contributed by atoms with E-state index >= 15 is 0 Å². The number of carbonyl (C=O) groups excluding carboxylic acids is 1. The van der Waals surface area contributed by atoms with Crippen LogP contribution in [0.4, 0.5) is 13.2 Å². The summed E-state index contributed by atoms with van der Waals surface area (Å²) in [4.78, 5) is 13.7. The second kappa shape index (κ2) is 4.36. The first-order valence-corrected chi connectivity index (χ1v) is 5.29. The number of aromatic amines is 1. The molecule has 0 bridgehead atoms. The standard InChI is InChI=1S/C12H10F3NO2/c1-2-18-11(17)7-3-4-9-8(5-7)6-10(16-9)12(13,14)15/h3-6,16H,2H2,1H3. The Balaban J connectivity index is 2.43. The average molecular weight is 257 g/mol. The SMILES string of the molecule is CCOC(=O)c1ccc2[nH]c(C(F)(F)F)cc2c1. The molecule has 1 heterocycles. The molecular weight excluding hydrogens is 247 g/mol. The smallest absolute Gasteiger partial charge is 0.431 e. The van der Waals surface area contributed by atoms with Crippen molar-refractivity contribution < 1.29 is 22.7 Å².